The average Bonchev–Trinajstić information content (AvgIpc) is 2.48. The maximum absolute atomic E-state index is 2.38. The summed E-state index contributed by atoms with van der Waals surface area (Å²) in [4.78, 5) is 0. The fraction of sp³-hybridized carbons (Fsp3) is 0.150. The standard InChI is InChI=1S/C20H19/c1-16(14-17-8-3-2-4-9-17)15-19-12-7-11-18-10-5-6-13-20(18)19/h2-13,15-16H,14H2,1H3. The Kier molecular flexibility index (Phi) is 3.83. The molecule has 3 rings (SSSR count). The highest BCUT2D eigenvalue weighted by Crippen LogP contribution is 2.24. The topological polar surface area (TPSA) is 0 Å². The first-order chi connectivity index (χ1) is 9.83. The van der Waals surface area contributed by atoms with Crippen molar-refractivity contribution in [3.8, 4) is 0 Å². The van der Waals surface area contributed by atoms with Crippen LogP contribution in [0.3, 0.4) is 0 Å². The van der Waals surface area contributed by atoms with Gasteiger partial charge >= 0.3 is 0 Å². The van der Waals surface area contributed by atoms with E-state index < -0.39 is 0 Å². The Morgan fingerprint density at radius 3 is 2.35 bits per heavy atom. The minimum Gasteiger partial charge on any atom is -0.0622 e. The second-order valence-corrected chi connectivity index (χ2v) is 5.40. The molecular weight excluding hydrogens is 240 g/mol. The molecule has 0 heteroatoms. The van der Waals surface area contributed by atoms with Crippen LogP contribution < -0.4 is 0 Å². The van der Waals surface area contributed by atoms with Crippen LogP contribution in [0.25, 0.3) is 10.8 Å². The minimum atomic E-state index is 0.531. The molecule has 0 aliphatic heterocycles. The summed E-state index contributed by atoms with van der Waals surface area (Å²) in [6.45, 7) is 2.29. The van der Waals surface area contributed by atoms with Gasteiger partial charge in [0.1, 0.15) is 0 Å². The summed E-state index contributed by atoms with van der Waals surface area (Å²) >= 11 is 0. The average molecular weight is 259 g/mol. The van der Waals surface area contributed by atoms with Crippen LogP contribution in [0.1, 0.15) is 18.1 Å². The molecular formula is C20H19. The van der Waals surface area contributed by atoms with Gasteiger partial charge in [0.15, 0.2) is 0 Å². The quantitative estimate of drug-likeness (QED) is 0.598. The molecule has 0 amide bonds. The van der Waals surface area contributed by atoms with E-state index in [2.05, 4.69) is 86.1 Å². The van der Waals surface area contributed by atoms with Gasteiger partial charge in [0.2, 0.25) is 0 Å². The Hall–Kier alpha value is -2.08. The molecule has 3 aromatic rings. The highest BCUT2D eigenvalue weighted by Gasteiger charge is 2.08. The van der Waals surface area contributed by atoms with E-state index in [1.54, 1.807) is 0 Å². The van der Waals surface area contributed by atoms with Crippen LogP contribution in [-0.2, 0) is 6.42 Å². The van der Waals surface area contributed by atoms with E-state index >= 15 is 0 Å². The predicted molar refractivity (Wildman–Crippen MR) is 86.7 cm³/mol. The maximum atomic E-state index is 2.38. The minimum absolute atomic E-state index is 0.531. The molecule has 1 unspecified atom stereocenters. The van der Waals surface area contributed by atoms with Gasteiger partial charge in [0.05, 0.1) is 0 Å². The molecule has 0 saturated carbocycles. The molecule has 0 fully saturated rings. The number of hydrogen-bond acceptors (Lipinski definition) is 0. The summed E-state index contributed by atoms with van der Waals surface area (Å²) < 4.78 is 0. The molecule has 0 N–H and O–H groups in total. The Labute approximate surface area is 121 Å². The number of rotatable bonds is 4. The lowest BCUT2D eigenvalue weighted by atomic mass is 9.92. The first-order valence-electron chi connectivity index (χ1n) is 7.19. The molecule has 0 saturated heterocycles. The third kappa shape index (κ3) is 2.91. The second-order valence-electron chi connectivity index (χ2n) is 5.40. The van der Waals surface area contributed by atoms with E-state index in [0.29, 0.717) is 5.92 Å². The molecule has 0 bridgehead atoms. The molecule has 0 aromatic heterocycles. The van der Waals surface area contributed by atoms with Gasteiger partial charge in [-0.25, -0.2) is 0 Å². The fourth-order valence-electron chi connectivity index (χ4n) is 2.75. The Morgan fingerprint density at radius 1 is 0.800 bits per heavy atom. The molecule has 0 nitrogen and oxygen atoms in total. The van der Waals surface area contributed by atoms with Crippen molar-refractivity contribution in [2.24, 2.45) is 5.92 Å². The zero-order chi connectivity index (χ0) is 13.8. The molecule has 0 heterocycles. The molecule has 20 heavy (non-hydrogen) atoms. The summed E-state index contributed by atoms with van der Waals surface area (Å²) in [5.41, 5.74) is 2.74. The number of hydrogen-bond donors (Lipinski definition) is 0. The van der Waals surface area contributed by atoms with Gasteiger partial charge in [0, 0.05) is 0 Å². The first-order valence-corrected chi connectivity index (χ1v) is 7.19. The smallest absolute Gasteiger partial charge is 0.00552 e. The molecule has 0 aliphatic carbocycles. The van der Waals surface area contributed by atoms with E-state index in [4.69, 9.17) is 0 Å². The van der Waals surface area contributed by atoms with E-state index in [1.807, 2.05) is 0 Å². The highest BCUT2D eigenvalue weighted by atomic mass is 14.1. The third-order valence-electron chi connectivity index (χ3n) is 3.69. The van der Waals surface area contributed by atoms with Crippen LogP contribution >= 0.6 is 0 Å². The van der Waals surface area contributed by atoms with Gasteiger partial charge in [0.25, 0.3) is 0 Å². The summed E-state index contributed by atoms with van der Waals surface area (Å²) in [7, 11) is 0. The van der Waals surface area contributed by atoms with Crippen molar-refractivity contribution < 1.29 is 0 Å². The van der Waals surface area contributed by atoms with Crippen molar-refractivity contribution in [2.45, 2.75) is 13.3 Å². The van der Waals surface area contributed by atoms with Crippen LogP contribution in [0, 0.1) is 12.3 Å². The Balaban J connectivity index is 1.79. The third-order valence-corrected chi connectivity index (χ3v) is 3.69. The van der Waals surface area contributed by atoms with Crippen LogP contribution in [-0.4, -0.2) is 0 Å². The van der Waals surface area contributed by atoms with Gasteiger partial charge < -0.3 is 0 Å². The zero-order valence-electron chi connectivity index (χ0n) is 11.8. The van der Waals surface area contributed by atoms with E-state index in [1.165, 1.54) is 21.9 Å². The predicted octanol–water partition coefficient (Wildman–Crippen LogP) is 5.27. The lowest BCUT2D eigenvalue weighted by molar-refractivity contribution is 0.683. The fourth-order valence-corrected chi connectivity index (χ4v) is 2.75. The lowest BCUT2D eigenvalue weighted by Crippen LogP contribution is -2.02. The van der Waals surface area contributed by atoms with E-state index in [0.717, 1.165) is 6.42 Å². The first kappa shape index (κ1) is 12.9. The zero-order valence-corrected chi connectivity index (χ0v) is 11.8. The number of fused-ring (bicyclic) bond motifs is 1. The van der Waals surface area contributed by atoms with Crippen molar-refractivity contribution in [1.82, 2.24) is 0 Å². The summed E-state index contributed by atoms with van der Waals surface area (Å²) in [5, 5.41) is 2.66. The van der Waals surface area contributed by atoms with Crippen LogP contribution in [0.4, 0.5) is 0 Å². The molecule has 0 aliphatic rings. The lowest BCUT2D eigenvalue weighted by Gasteiger charge is -2.13. The van der Waals surface area contributed by atoms with Gasteiger partial charge in [-0.15, -0.1) is 0 Å². The Morgan fingerprint density at radius 2 is 1.50 bits per heavy atom. The SMILES string of the molecule is CC([CH]c1cccc2ccccc12)Cc1ccccc1. The highest BCUT2D eigenvalue weighted by molar-refractivity contribution is 5.86. The molecule has 1 atom stereocenters. The summed E-state index contributed by atoms with van der Waals surface area (Å²) in [6.07, 6.45) is 3.47. The van der Waals surface area contributed by atoms with Crippen molar-refractivity contribution in [2.75, 3.05) is 0 Å². The van der Waals surface area contributed by atoms with E-state index in [9.17, 15) is 0 Å². The van der Waals surface area contributed by atoms with E-state index in [-0.39, 0.29) is 0 Å². The van der Waals surface area contributed by atoms with Gasteiger partial charge in [-0.3, -0.25) is 0 Å². The van der Waals surface area contributed by atoms with Crippen LogP contribution in [0.2, 0.25) is 0 Å². The summed E-state index contributed by atoms with van der Waals surface area (Å²) in [6, 6.07) is 25.8. The Bertz CT molecular complexity index is 677. The second kappa shape index (κ2) is 5.92. The molecule has 99 valence electrons. The van der Waals surface area contributed by atoms with Crippen molar-refractivity contribution in [1.29, 1.82) is 0 Å². The number of benzene rings is 3. The molecule has 3 aromatic carbocycles. The molecule has 1 radical (unpaired) electrons. The summed E-state index contributed by atoms with van der Waals surface area (Å²) in [5.74, 6) is 0.531. The normalized spacial score (nSPS) is 12.4. The van der Waals surface area contributed by atoms with Crippen molar-refractivity contribution in [3.63, 3.8) is 0 Å². The van der Waals surface area contributed by atoms with Gasteiger partial charge in [-0.1, -0.05) is 79.7 Å². The maximum Gasteiger partial charge on any atom is -0.00552 e. The largest absolute Gasteiger partial charge is 0.0622 e. The van der Waals surface area contributed by atoms with Crippen molar-refractivity contribution >= 4 is 10.8 Å². The van der Waals surface area contributed by atoms with Crippen LogP contribution in [0.5, 0.6) is 0 Å². The van der Waals surface area contributed by atoms with Crippen molar-refractivity contribution in [3.05, 3.63) is 90.3 Å². The van der Waals surface area contributed by atoms with Gasteiger partial charge in [-0.05, 0) is 40.7 Å². The van der Waals surface area contributed by atoms with Gasteiger partial charge in [-0.2, -0.15) is 0 Å². The van der Waals surface area contributed by atoms with Crippen LogP contribution in [0.15, 0.2) is 72.8 Å². The monoisotopic (exact) mass is 259 g/mol. The molecule has 0 spiro atoms.